The van der Waals surface area contributed by atoms with Gasteiger partial charge in [0.05, 0.1) is 11.8 Å². The molecule has 0 spiro atoms. The number of benzene rings is 1. The number of carbonyl (C=O) groups excluding carboxylic acids is 1. The molecule has 7 heteroatoms. The van der Waals surface area contributed by atoms with Gasteiger partial charge in [-0.3, -0.25) is 4.79 Å². The molecule has 0 unspecified atom stereocenters. The first kappa shape index (κ1) is 16.4. The van der Waals surface area contributed by atoms with Gasteiger partial charge in [-0.25, -0.2) is 13.8 Å². The fourth-order valence-corrected chi connectivity index (χ4v) is 3.00. The van der Waals surface area contributed by atoms with Crippen molar-refractivity contribution in [2.75, 3.05) is 12.3 Å². The molecule has 0 radical (unpaired) electrons. The fourth-order valence-electron chi connectivity index (χ4n) is 2.16. The number of halogens is 2. The van der Waals surface area contributed by atoms with Crippen molar-refractivity contribution < 1.29 is 18.0 Å². The molecule has 1 N–H and O–H groups in total. The Morgan fingerprint density at radius 1 is 1.38 bits per heavy atom. The Kier molecular flexibility index (Phi) is 5.10. The van der Waals surface area contributed by atoms with Crippen molar-refractivity contribution in [3.8, 4) is 11.3 Å². The molecule has 2 aromatic rings. The second-order valence-corrected chi connectivity index (χ2v) is 6.18. The number of hydrogen-bond donors (Lipinski definition) is 1. The average Bonchev–Trinajstić information content (AvgIpc) is 3.05. The maximum Gasteiger partial charge on any atom is 0.307 e. The molecule has 0 bridgehead atoms. The van der Waals surface area contributed by atoms with E-state index in [1.807, 2.05) is 12.2 Å². The van der Waals surface area contributed by atoms with E-state index in [-0.39, 0.29) is 17.2 Å². The predicted octanol–water partition coefficient (Wildman–Crippen LogP) is 3.93. The van der Waals surface area contributed by atoms with E-state index in [0.29, 0.717) is 6.54 Å². The Hall–Kier alpha value is -2.41. The quantitative estimate of drug-likeness (QED) is 0.890. The van der Waals surface area contributed by atoms with Gasteiger partial charge in [-0.2, -0.15) is 0 Å². The summed E-state index contributed by atoms with van der Waals surface area (Å²) >= 11 is 1.73. The molecule has 0 atom stereocenters. The Bertz CT molecular complexity index is 815. The van der Waals surface area contributed by atoms with Crippen LogP contribution in [0.25, 0.3) is 11.3 Å². The Labute approximate surface area is 141 Å². The lowest BCUT2D eigenvalue weighted by Gasteiger charge is -2.08. The Morgan fingerprint density at radius 2 is 2.25 bits per heavy atom. The molecule has 0 saturated carbocycles. The van der Waals surface area contributed by atoms with Crippen LogP contribution in [-0.2, 0) is 0 Å². The van der Waals surface area contributed by atoms with Gasteiger partial charge in [-0.1, -0.05) is 18.2 Å². The predicted molar refractivity (Wildman–Crippen MR) is 88.5 cm³/mol. The zero-order valence-electron chi connectivity index (χ0n) is 12.6. The van der Waals surface area contributed by atoms with E-state index in [9.17, 15) is 13.6 Å². The van der Waals surface area contributed by atoms with Gasteiger partial charge in [-0.05, 0) is 23.5 Å². The smallest absolute Gasteiger partial charge is 0.307 e. The molecule has 2 heterocycles. The average molecular weight is 348 g/mol. The summed E-state index contributed by atoms with van der Waals surface area (Å²) < 4.78 is 31.9. The fraction of sp³-hybridized carbons (Fsp3) is 0.176. The number of thioether (sulfide) groups is 1. The standard InChI is InChI=1S/C17H14F2N2O2S/c18-11-4-5-13(14(19)9-11)15-10-21-17(23-15)16(22)20-7-6-12-3-1-2-8-24-12/h1-5,9-10H,6-8H2,(H,20,22). The molecule has 24 heavy (non-hydrogen) atoms. The molecule has 124 valence electrons. The molecule has 1 aromatic heterocycles. The number of rotatable bonds is 5. The molecular formula is C17H14F2N2O2S. The third-order valence-electron chi connectivity index (χ3n) is 3.34. The second kappa shape index (κ2) is 7.44. The van der Waals surface area contributed by atoms with Gasteiger partial charge in [0.1, 0.15) is 11.6 Å². The number of oxazole rings is 1. The van der Waals surface area contributed by atoms with Crippen LogP contribution in [0.4, 0.5) is 8.78 Å². The van der Waals surface area contributed by atoms with Crippen molar-refractivity contribution in [3.05, 3.63) is 65.1 Å². The van der Waals surface area contributed by atoms with Crippen LogP contribution >= 0.6 is 11.8 Å². The van der Waals surface area contributed by atoms with Crippen molar-refractivity contribution in [2.24, 2.45) is 0 Å². The number of carbonyl (C=O) groups is 1. The number of aromatic nitrogens is 1. The summed E-state index contributed by atoms with van der Waals surface area (Å²) in [5.74, 6) is -1.06. The largest absolute Gasteiger partial charge is 0.432 e. The summed E-state index contributed by atoms with van der Waals surface area (Å²) in [5, 5.41) is 2.71. The van der Waals surface area contributed by atoms with Crippen LogP contribution in [0.15, 0.2) is 51.9 Å². The lowest BCUT2D eigenvalue weighted by atomic mass is 10.2. The topological polar surface area (TPSA) is 55.1 Å². The molecule has 1 aliphatic rings. The SMILES string of the molecule is O=C(NCCC1=CC=CCS1)c1ncc(-c2ccc(F)cc2F)o1. The van der Waals surface area contributed by atoms with Gasteiger partial charge in [-0.15, -0.1) is 11.8 Å². The highest BCUT2D eigenvalue weighted by atomic mass is 32.2. The normalized spacial score (nSPS) is 13.7. The highest BCUT2D eigenvalue weighted by Crippen LogP contribution is 2.24. The maximum atomic E-state index is 13.7. The first-order valence-corrected chi connectivity index (χ1v) is 8.30. The summed E-state index contributed by atoms with van der Waals surface area (Å²) in [4.78, 5) is 17.1. The van der Waals surface area contributed by atoms with Gasteiger partial charge in [0.25, 0.3) is 5.89 Å². The van der Waals surface area contributed by atoms with E-state index in [2.05, 4.69) is 16.4 Å². The third-order valence-corrected chi connectivity index (χ3v) is 4.41. The maximum absolute atomic E-state index is 13.7. The van der Waals surface area contributed by atoms with E-state index >= 15 is 0 Å². The van der Waals surface area contributed by atoms with E-state index < -0.39 is 17.5 Å². The van der Waals surface area contributed by atoms with Gasteiger partial charge < -0.3 is 9.73 Å². The number of hydrogen-bond acceptors (Lipinski definition) is 4. The Morgan fingerprint density at radius 3 is 3.00 bits per heavy atom. The monoisotopic (exact) mass is 348 g/mol. The molecule has 0 saturated heterocycles. The van der Waals surface area contributed by atoms with Gasteiger partial charge in [0, 0.05) is 18.4 Å². The Balaban J connectivity index is 1.61. The molecule has 1 amide bonds. The minimum Gasteiger partial charge on any atom is -0.432 e. The zero-order chi connectivity index (χ0) is 16.9. The van der Waals surface area contributed by atoms with Crippen molar-refractivity contribution >= 4 is 17.7 Å². The highest BCUT2D eigenvalue weighted by Gasteiger charge is 2.16. The summed E-state index contributed by atoms with van der Waals surface area (Å²) in [6.45, 7) is 0.453. The van der Waals surface area contributed by atoms with Crippen LogP contribution in [0.2, 0.25) is 0 Å². The number of amides is 1. The summed E-state index contributed by atoms with van der Waals surface area (Å²) in [5.41, 5.74) is 0.0542. The van der Waals surface area contributed by atoms with Gasteiger partial charge >= 0.3 is 5.91 Å². The van der Waals surface area contributed by atoms with Gasteiger partial charge in [0.15, 0.2) is 5.76 Å². The van der Waals surface area contributed by atoms with Crippen molar-refractivity contribution in [1.82, 2.24) is 10.3 Å². The number of allylic oxidation sites excluding steroid dienone is 2. The second-order valence-electron chi connectivity index (χ2n) is 5.03. The molecular weight excluding hydrogens is 334 g/mol. The molecule has 4 nitrogen and oxygen atoms in total. The zero-order valence-corrected chi connectivity index (χ0v) is 13.4. The van der Waals surface area contributed by atoms with Crippen LogP contribution in [0.3, 0.4) is 0 Å². The van der Waals surface area contributed by atoms with Crippen LogP contribution in [-0.4, -0.2) is 23.2 Å². The van der Waals surface area contributed by atoms with E-state index in [0.717, 1.165) is 24.3 Å². The number of nitrogens with zero attached hydrogens (tertiary/aromatic N) is 1. The van der Waals surface area contributed by atoms with Crippen molar-refractivity contribution in [3.63, 3.8) is 0 Å². The van der Waals surface area contributed by atoms with Crippen LogP contribution in [0.5, 0.6) is 0 Å². The first-order valence-electron chi connectivity index (χ1n) is 7.31. The first-order chi connectivity index (χ1) is 11.6. The molecule has 3 rings (SSSR count). The minimum atomic E-state index is -0.771. The van der Waals surface area contributed by atoms with Crippen LogP contribution in [0.1, 0.15) is 17.1 Å². The summed E-state index contributed by atoms with van der Waals surface area (Å²) in [6, 6.07) is 3.11. The summed E-state index contributed by atoms with van der Waals surface area (Å²) in [7, 11) is 0. The molecule has 1 aliphatic heterocycles. The summed E-state index contributed by atoms with van der Waals surface area (Å²) in [6.07, 6.45) is 8.04. The van der Waals surface area contributed by atoms with Crippen molar-refractivity contribution in [2.45, 2.75) is 6.42 Å². The van der Waals surface area contributed by atoms with Crippen molar-refractivity contribution in [1.29, 1.82) is 0 Å². The van der Waals surface area contributed by atoms with E-state index in [1.54, 1.807) is 11.8 Å². The van der Waals surface area contributed by atoms with Gasteiger partial charge in [0.2, 0.25) is 0 Å². The number of nitrogens with one attached hydrogen (secondary N) is 1. The third kappa shape index (κ3) is 3.91. The lowest BCUT2D eigenvalue weighted by Crippen LogP contribution is -2.24. The van der Waals surface area contributed by atoms with E-state index in [4.69, 9.17) is 4.42 Å². The van der Waals surface area contributed by atoms with E-state index in [1.165, 1.54) is 17.2 Å². The van der Waals surface area contributed by atoms with Crippen LogP contribution < -0.4 is 5.32 Å². The van der Waals surface area contributed by atoms with Crippen LogP contribution in [0, 0.1) is 11.6 Å². The molecule has 0 aliphatic carbocycles. The molecule has 1 aromatic carbocycles. The molecule has 0 fully saturated rings. The highest BCUT2D eigenvalue weighted by molar-refractivity contribution is 8.03. The lowest BCUT2D eigenvalue weighted by molar-refractivity contribution is 0.0920. The minimum absolute atomic E-state index is 0.0542.